The lowest BCUT2D eigenvalue weighted by atomic mass is 10.0. The summed E-state index contributed by atoms with van der Waals surface area (Å²) >= 11 is 0. The van der Waals surface area contributed by atoms with E-state index in [-0.39, 0.29) is 18.3 Å². The molecule has 0 aliphatic carbocycles. The number of fused-ring (bicyclic) bond motifs is 1. The van der Waals surface area contributed by atoms with Gasteiger partial charge in [0.1, 0.15) is 5.82 Å². The van der Waals surface area contributed by atoms with Crippen LogP contribution in [0.25, 0.3) is 33.3 Å². The molecule has 30 heavy (non-hydrogen) atoms. The molecule has 0 radical (unpaired) electrons. The normalized spacial score (nSPS) is 13.7. The first-order chi connectivity index (χ1) is 14.6. The van der Waals surface area contributed by atoms with Crippen LogP contribution in [0.4, 0.5) is 14.9 Å². The topological polar surface area (TPSA) is 75.2 Å². The Hall–Kier alpha value is -4.13. The Morgan fingerprint density at radius 1 is 0.900 bits per heavy atom. The first-order valence-corrected chi connectivity index (χ1v) is 9.32. The lowest BCUT2D eigenvalue weighted by molar-refractivity contribution is -0.115. The van der Waals surface area contributed by atoms with Crippen molar-refractivity contribution in [3.05, 3.63) is 78.9 Å². The number of nitrogens with zero attached hydrogens (tertiary/aromatic N) is 3. The van der Waals surface area contributed by atoms with Crippen molar-refractivity contribution in [3.63, 3.8) is 0 Å². The van der Waals surface area contributed by atoms with E-state index < -0.39 is 6.03 Å². The second-order valence-corrected chi connectivity index (χ2v) is 6.89. The Kier molecular flexibility index (Phi) is 4.21. The van der Waals surface area contributed by atoms with E-state index in [0.717, 1.165) is 21.6 Å². The lowest BCUT2D eigenvalue weighted by Crippen LogP contribution is -2.31. The molecule has 1 fully saturated rings. The molecule has 3 heterocycles. The van der Waals surface area contributed by atoms with Gasteiger partial charge in [-0.3, -0.25) is 9.78 Å². The summed E-state index contributed by atoms with van der Waals surface area (Å²) in [7, 11) is 0. The van der Waals surface area contributed by atoms with Gasteiger partial charge in [-0.2, -0.15) is 0 Å². The van der Waals surface area contributed by atoms with Crippen molar-refractivity contribution in [2.45, 2.75) is 0 Å². The van der Waals surface area contributed by atoms with E-state index in [4.69, 9.17) is 0 Å². The lowest BCUT2D eigenvalue weighted by Gasteiger charge is -2.16. The predicted molar refractivity (Wildman–Crippen MR) is 111 cm³/mol. The van der Waals surface area contributed by atoms with Crippen LogP contribution in [0.2, 0.25) is 0 Å². The Balaban J connectivity index is 1.60. The number of hydrogen-bond acceptors (Lipinski definition) is 4. The summed E-state index contributed by atoms with van der Waals surface area (Å²) in [5, 5.41) is 3.16. The molecular weight excluding hydrogens is 383 g/mol. The molecule has 1 aliphatic rings. The van der Waals surface area contributed by atoms with E-state index in [1.165, 1.54) is 12.1 Å². The van der Waals surface area contributed by atoms with Crippen LogP contribution in [0.5, 0.6) is 0 Å². The van der Waals surface area contributed by atoms with Crippen LogP contribution < -0.4 is 10.2 Å². The van der Waals surface area contributed by atoms with Crippen LogP contribution in [-0.4, -0.2) is 28.5 Å². The molecule has 0 spiro atoms. The minimum absolute atomic E-state index is 0.0371. The van der Waals surface area contributed by atoms with Gasteiger partial charge in [-0.25, -0.2) is 19.1 Å². The molecule has 1 saturated heterocycles. The van der Waals surface area contributed by atoms with Gasteiger partial charge in [0, 0.05) is 23.3 Å². The molecule has 1 N–H and O–H groups in total. The van der Waals surface area contributed by atoms with Crippen LogP contribution in [0.3, 0.4) is 0 Å². The zero-order chi connectivity index (χ0) is 20.7. The number of hydrogen-bond donors (Lipinski definition) is 1. The van der Waals surface area contributed by atoms with Crippen molar-refractivity contribution < 1.29 is 14.0 Å². The third-order valence-electron chi connectivity index (χ3n) is 5.03. The van der Waals surface area contributed by atoms with Gasteiger partial charge in [0.2, 0.25) is 0 Å². The van der Waals surface area contributed by atoms with Crippen LogP contribution in [-0.2, 0) is 4.79 Å². The highest BCUT2D eigenvalue weighted by molar-refractivity contribution is 6.23. The standard InChI is InChI=1S/C23H15FN4O2/c24-17-7-5-15(6-8-17)14-1-3-16(4-2-14)20-11-21(28-22(29)13-26-23(28)30)18-12-25-10-9-19(18)27-20/h1-12H,13H2,(H,26,30). The van der Waals surface area contributed by atoms with Crippen molar-refractivity contribution in [3.8, 4) is 22.4 Å². The zero-order valence-corrected chi connectivity index (χ0v) is 15.7. The van der Waals surface area contributed by atoms with Gasteiger partial charge < -0.3 is 5.32 Å². The molecular formula is C23H15FN4O2. The average Bonchev–Trinajstić information content (AvgIpc) is 3.11. The van der Waals surface area contributed by atoms with Crippen molar-refractivity contribution >= 4 is 28.5 Å². The van der Waals surface area contributed by atoms with Crippen LogP contribution in [0.15, 0.2) is 73.1 Å². The van der Waals surface area contributed by atoms with Crippen LogP contribution >= 0.6 is 0 Å². The summed E-state index contributed by atoms with van der Waals surface area (Å²) in [6.45, 7) is -0.0371. The summed E-state index contributed by atoms with van der Waals surface area (Å²) in [4.78, 5) is 34.4. The Bertz CT molecular complexity index is 1270. The van der Waals surface area contributed by atoms with E-state index in [0.29, 0.717) is 22.3 Å². The Labute approximate surface area is 171 Å². The summed E-state index contributed by atoms with van der Waals surface area (Å²) < 4.78 is 13.2. The molecule has 5 rings (SSSR count). The molecule has 0 atom stereocenters. The number of nitrogens with one attached hydrogen (secondary N) is 1. The predicted octanol–water partition coefficient (Wildman–Crippen LogP) is 4.16. The second-order valence-electron chi connectivity index (χ2n) is 6.89. The van der Waals surface area contributed by atoms with E-state index in [9.17, 15) is 14.0 Å². The summed E-state index contributed by atoms with van der Waals surface area (Å²) in [5.74, 6) is -0.604. The molecule has 146 valence electrons. The average molecular weight is 398 g/mol. The minimum Gasteiger partial charge on any atom is -0.328 e. The number of benzene rings is 2. The van der Waals surface area contributed by atoms with Crippen LogP contribution in [0.1, 0.15) is 0 Å². The zero-order valence-electron chi connectivity index (χ0n) is 15.7. The number of rotatable bonds is 3. The van der Waals surface area contributed by atoms with E-state index >= 15 is 0 Å². The quantitative estimate of drug-likeness (QED) is 0.526. The first kappa shape index (κ1) is 17.9. The molecule has 1 aliphatic heterocycles. The molecule has 7 heteroatoms. The van der Waals surface area contributed by atoms with E-state index in [1.807, 2.05) is 24.3 Å². The molecule has 6 nitrogen and oxygen atoms in total. The number of amides is 3. The maximum atomic E-state index is 13.2. The fourth-order valence-electron chi connectivity index (χ4n) is 3.53. The second kappa shape index (κ2) is 7.04. The Morgan fingerprint density at radius 3 is 2.23 bits per heavy atom. The number of halogens is 1. The monoisotopic (exact) mass is 398 g/mol. The highest BCUT2D eigenvalue weighted by Crippen LogP contribution is 2.32. The van der Waals surface area contributed by atoms with Gasteiger partial charge in [0.15, 0.2) is 0 Å². The first-order valence-electron chi connectivity index (χ1n) is 9.32. The van der Waals surface area contributed by atoms with Gasteiger partial charge >= 0.3 is 6.03 Å². The number of carbonyl (C=O) groups is 2. The van der Waals surface area contributed by atoms with Crippen molar-refractivity contribution in [1.82, 2.24) is 15.3 Å². The maximum absolute atomic E-state index is 13.2. The molecule has 0 unspecified atom stereocenters. The molecule has 2 aromatic carbocycles. The van der Waals surface area contributed by atoms with E-state index in [1.54, 1.807) is 36.7 Å². The summed E-state index contributed by atoms with van der Waals surface area (Å²) in [6.07, 6.45) is 3.21. The third kappa shape index (κ3) is 3.06. The fourth-order valence-corrected chi connectivity index (χ4v) is 3.53. The van der Waals surface area contributed by atoms with E-state index in [2.05, 4.69) is 15.3 Å². The molecule has 4 aromatic rings. The smallest absolute Gasteiger partial charge is 0.328 e. The largest absolute Gasteiger partial charge is 0.329 e. The van der Waals surface area contributed by atoms with Crippen molar-refractivity contribution in [2.75, 3.05) is 11.4 Å². The Morgan fingerprint density at radius 2 is 1.57 bits per heavy atom. The highest BCUT2D eigenvalue weighted by atomic mass is 19.1. The number of urea groups is 1. The number of carbonyl (C=O) groups excluding carboxylic acids is 2. The molecule has 2 aromatic heterocycles. The fraction of sp³-hybridized carbons (Fsp3) is 0.0435. The van der Waals surface area contributed by atoms with Gasteiger partial charge in [-0.1, -0.05) is 36.4 Å². The highest BCUT2D eigenvalue weighted by Gasteiger charge is 2.31. The summed E-state index contributed by atoms with van der Waals surface area (Å²) in [5.41, 5.74) is 4.38. The van der Waals surface area contributed by atoms with Gasteiger partial charge in [0.25, 0.3) is 5.91 Å². The molecule has 0 saturated carbocycles. The molecule has 3 amide bonds. The van der Waals surface area contributed by atoms with Crippen molar-refractivity contribution in [2.24, 2.45) is 0 Å². The van der Waals surface area contributed by atoms with Gasteiger partial charge in [0.05, 0.1) is 23.4 Å². The number of pyridine rings is 2. The SMILES string of the molecule is O=C1CNC(=O)N1c1cc(-c2ccc(-c3ccc(F)cc3)cc2)nc2ccncc12. The van der Waals surface area contributed by atoms with Crippen LogP contribution in [0, 0.1) is 5.82 Å². The minimum atomic E-state index is -0.464. The van der Waals surface area contributed by atoms with Gasteiger partial charge in [-0.15, -0.1) is 0 Å². The molecule has 0 bridgehead atoms. The maximum Gasteiger partial charge on any atom is 0.329 e. The number of aromatic nitrogens is 2. The van der Waals surface area contributed by atoms with Gasteiger partial charge in [-0.05, 0) is 35.4 Å². The number of imide groups is 1. The summed E-state index contributed by atoms with van der Waals surface area (Å²) in [6, 6.07) is 17.0. The third-order valence-corrected chi connectivity index (χ3v) is 5.03. The number of anilines is 1. The van der Waals surface area contributed by atoms with Crippen molar-refractivity contribution in [1.29, 1.82) is 0 Å².